The zero-order chi connectivity index (χ0) is 11.2. The molecule has 1 aromatic heterocycles. The van der Waals surface area contributed by atoms with E-state index in [1.165, 1.54) is 0 Å². The molecule has 0 unspecified atom stereocenters. The zero-order valence-electron chi connectivity index (χ0n) is 9.21. The van der Waals surface area contributed by atoms with E-state index in [4.69, 9.17) is 0 Å². The number of hydrogen-bond donors (Lipinski definition) is 0. The van der Waals surface area contributed by atoms with Crippen LogP contribution in [0.1, 0.15) is 6.42 Å². The highest BCUT2D eigenvalue weighted by Crippen LogP contribution is 2.11. The molecule has 1 heterocycles. The van der Waals surface area contributed by atoms with Crippen molar-refractivity contribution in [3.63, 3.8) is 0 Å². The third-order valence-corrected chi connectivity index (χ3v) is 2.89. The van der Waals surface area contributed by atoms with E-state index in [0.29, 0.717) is 5.82 Å². The van der Waals surface area contributed by atoms with Gasteiger partial charge in [-0.15, -0.1) is 10.2 Å². The van der Waals surface area contributed by atoms with Gasteiger partial charge in [-0.05, 0) is 23.6 Å². The molecule has 0 aliphatic heterocycles. The van der Waals surface area contributed by atoms with Gasteiger partial charge in [-0.1, -0.05) is 30.3 Å². The quantitative estimate of drug-likeness (QED) is 0.743. The molecule has 0 saturated heterocycles. The van der Waals surface area contributed by atoms with Crippen LogP contribution in [0.4, 0.5) is 0 Å². The maximum Gasteiger partial charge on any atom is 0.204 e. The van der Waals surface area contributed by atoms with Crippen molar-refractivity contribution in [2.45, 2.75) is 13.0 Å². The fourth-order valence-corrected chi connectivity index (χ4v) is 1.81. The molecule has 16 heavy (non-hydrogen) atoms. The normalized spacial score (nSPS) is 10.6. The average molecular weight is 234 g/mol. The smallest absolute Gasteiger partial charge is 0.165 e. The van der Waals surface area contributed by atoms with Crippen molar-refractivity contribution < 1.29 is 0 Å². The van der Waals surface area contributed by atoms with Gasteiger partial charge in [-0.2, -0.15) is 16.6 Å². The topological polar surface area (TPSA) is 43.6 Å². The SMILES string of the molecule is CSCCCn1nnc(-c2ccccc2)n1. The van der Waals surface area contributed by atoms with Gasteiger partial charge in [-0.3, -0.25) is 0 Å². The zero-order valence-corrected chi connectivity index (χ0v) is 10.0. The summed E-state index contributed by atoms with van der Waals surface area (Å²) in [6.07, 6.45) is 3.18. The standard InChI is InChI=1S/C11H14N4S/c1-16-9-5-8-15-13-11(12-14-15)10-6-3-2-4-7-10/h2-4,6-7H,5,8-9H2,1H3. The first-order valence-corrected chi connectivity index (χ1v) is 6.61. The Morgan fingerprint density at radius 2 is 2.06 bits per heavy atom. The summed E-state index contributed by atoms with van der Waals surface area (Å²) in [6.45, 7) is 0.834. The molecule has 5 heteroatoms. The van der Waals surface area contributed by atoms with Gasteiger partial charge in [0.15, 0.2) is 0 Å². The van der Waals surface area contributed by atoms with E-state index >= 15 is 0 Å². The molecular weight excluding hydrogens is 220 g/mol. The Kier molecular flexibility index (Phi) is 3.93. The van der Waals surface area contributed by atoms with Crippen LogP contribution in [0.5, 0.6) is 0 Å². The number of tetrazole rings is 1. The molecule has 0 radical (unpaired) electrons. The van der Waals surface area contributed by atoms with Crippen LogP contribution in [0, 0.1) is 0 Å². The molecular formula is C11H14N4S. The second kappa shape index (κ2) is 5.65. The molecule has 0 atom stereocenters. The molecule has 84 valence electrons. The van der Waals surface area contributed by atoms with Crippen molar-refractivity contribution in [2.75, 3.05) is 12.0 Å². The molecule has 0 spiro atoms. The predicted octanol–water partition coefficient (Wildman–Crippen LogP) is 2.09. The number of hydrogen-bond acceptors (Lipinski definition) is 4. The lowest BCUT2D eigenvalue weighted by Crippen LogP contribution is -2.03. The van der Waals surface area contributed by atoms with Gasteiger partial charge in [0.1, 0.15) is 0 Å². The van der Waals surface area contributed by atoms with E-state index in [0.717, 1.165) is 24.3 Å². The monoisotopic (exact) mass is 234 g/mol. The van der Waals surface area contributed by atoms with Crippen LogP contribution < -0.4 is 0 Å². The highest BCUT2D eigenvalue weighted by Gasteiger charge is 2.04. The fourth-order valence-electron chi connectivity index (χ4n) is 1.39. The first-order chi connectivity index (χ1) is 7.90. The van der Waals surface area contributed by atoms with E-state index < -0.39 is 0 Å². The van der Waals surface area contributed by atoms with E-state index in [9.17, 15) is 0 Å². The minimum atomic E-state index is 0.699. The van der Waals surface area contributed by atoms with Gasteiger partial charge in [0.05, 0.1) is 6.54 Å². The van der Waals surface area contributed by atoms with Gasteiger partial charge < -0.3 is 0 Å². The number of rotatable bonds is 5. The lowest BCUT2D eigenvalue weighted by molar-refractivity contribution is 0.517. The Bertz CT molecular complexity index is 427. The molecule has 0 aliphatic carbocycles. The minimum absolute atomic E-state index is 0.699. The van der Waals surface area contributed by atoms with E-state index in [2.05, 4.69) is 21.7 Å². The Morgan fingerprint density at radius 3 is 2.81 bits per heavy atom. The van der Waals surface area contributed by atoms with Crippen LogP contribution in [0.25, 0.3) is 11.4 Å². The van der Waals surface area contributed by atoms with E-state index in [-0.39, 0.29) is 0 Å². The summed E-state index contributed by atoms with van der Waals surface area (Å²) >= 11 is 1.83. The molecule has 2 rings (SSSR count). The van der Waals surface area contributed by atoms with Gasteiger partial charge in [0.25, 0.3) is 0 Å². The largest absolute Gasteiger partial charge is 0.204 e. The van der Waals surface area contributed by atoms with Crippen LogP contribution in [0.2, 0.25) is 0 Å². The minimum Gasteiger partial charge on any atom is -0.165 e. The maximum absolute atomic E-state index is 4.34. The predicted molar refractivity (Wildman–Crippen MR) is 66.3 cm³/mol. The Hall–Kier alpha value is -1.36. The number of nitrogens with zero attached hydrogens (tertiary/aromatic N) is 4. The molecule has 1 aromatic carbocycles. The Labute approximate surface area is 99.1 Å². The Morgan fingerprint density at radius 1 is 1.25 bits per heavy atom. The van der Waals surface area contributed by atoms with Gasteiger partial charge >= 0.3 is 0 Å². The van der Waals surface area contributed by atoms with Crippen molar-refractivity contribution in [2.24, 2.45) is 0 Å². The summed E-state index contributed by atoms with van der Waals surface area (Å²) in [4.78, 5) is 1.67. The molecule has 0 fully saturated rings. The van der Waals surface area contributed by atoms with Gasteiger partial charge in [0, 0.05) is 5.56 Å². The van der Waals surface area contributed by atoms with Crippen LogP contribution in [-0.4, -0.2) is 32.2 Å². The van der Waals surface area contributed by atoms with Crippen molar-refractivity contribution in [1.29, 1.82) is 0 Å². The van der Waals surface area contributed by atoms with Crippen molar-refractivity contribution in [1.82, 2.24) is 20.2 Å². The van der Waals surface area contributed by atoms with Crippen LogP contribution in [0.15, 0.2) is 30.3 Å². The lowest BCUT2D eigenvalue weighted by Gasteiger charge is -1.96. The number of benzene rings is 1. The van der Waals surface area contributed by atoms with Crippen LogP contribution in [-0.2, 0) is 6.54 Å². The molecule has 0 saturated carbocycles. The molecule has 0 N–H and O–H groups in total. The second-order valence-corrected chi connectivity index (χ2v) is 4.41. The van der Waals surface area contributed by atoms with Gasteiger partial charge in [0.2, 0.25) is 5.82 Å². The third kappa shape index (κ3) is 2.82. The molecule has 0 amide bonds. The number of thioether (sulfide) groups is 1. The van der Waals surface area contributed by atoms with Crippen LogP contribution in [0.3, 0.4) is 0 Å². The van der Waals surface area contributed by atoms with Gasteiger partial charge in [-0.25, -0.2) is 0 Å². The first kappa shape index (κ1) is 11.1. The third-order valence-electron chi connectivity index (χ3n) is 2.19. The summed E-state index contributed by atoms with van der Waals surface area (Å²) in [5, 5.41) is 12.4. The van der Waals surface area contributed by atoms with Crippen molar-refractivity contribution >= 4 is 11.8 Å². The summed E-state index contributed by atoms with van der Waals surface area (Å²) in [7, 11) is 0. The van der Waals surface area contributed by atoms with E-state index in [1.807, 2.05) is 42.1 Å². The number of aryl methyl sites for hydroxylation is 1. The van der Waals surface area contributed by atoms with Crippen molar-refractivity contribution in [3.8, 4) is 11.4 Å². The summed E-state index contributed by atoms with van der Waals surface area (Å²) in [6, 6.07) is 9.91. The lowest BCUT2D eigenvalue weighted by atomic mass is 10.2. The first-order valence-electron chi connectivity index (χ1n) is 5.22. The molecule has 0 aliphatic rings. The summed E-state index contributed by atoms with van der Waals surface area (Å²) in [5.74, 6) is 1.83. The van der Waals surface area contributed by atoms with Crippen LogP contribution >= 0.6 is 11.8 Å². The highest BCUT2D eigenvalue weighted by molar-refractivity contribution is 7.98. The maximum atomic E-state index is 4.34. The summed E-state index contributed by atoms with van der Waals surface area (Å²) in [5.41, 5.74) is 1.01. The summed E-state index contributed by atoms with van der Waals surface area (Å²) < 4.78 is 0. The highest BCUT2D eigenvalue weighted by atomic mass is 32.2. The second-order valence-electron chi connectivity index (χ2n) is 3.42. The van der Waals surface area contributed by atoms with E-state index in [1.54, 1.807) is 4.80 Å². The molecule has 2 aromatic rings. The molecule has 4 nitrogen and oxygen atoms in total. The van der Waals surface area contributed by atoms with Crippen molar-refractivity contribution in [3.05, 3.63) is 30.3 Å². The fraction of sp³-hybridized carbons (Fsp3) is 0.364. The molecule has 0 bridgehead atoms. The number of aromatic nitrogens is 4. The Balaban J connectivity index is 2.02. The average Bonchev–Trinajstić information content (AvgIpc) is 2.79.